The molecule has 0 aromatic heterocycles. The van der Waals surface area contributed by atoms with Crippen molar-refractivity contribution in [2.75, 3.05) is 13.2 Å². The fraction of sp³-hybridized carbons (Fsp3) is 0.188. The molecule has 0 radical (unpaired) electrons. The molecule has 0 aliphatic carbocycles. The Bertz CT molecular complexity index is 552. The van der Waals surface area contributed by atoms with Gasteiger partial charge in [0.1, 0.15) is 24.7 Å². The maximum atomic E-state index is 10.9. The maximum Gasteiger partial charge on any atom is 0.153 e. The summed E-state index contributed by atoms with van der Waals surface area (Å²) < 4.78 is 11.0. The summed E-state index contributed by atoms with van der Waals surface area (Å²) in [5, 5.41) is 8.77. The van der Waals surface area contributed by atoms with Gasteiger partial charge in [0.05, 0.1) is 12.2 Å². The minimum Gasteiger partial charge on any atom is -0.490 e. The molecule has 0 fully saturated rings. The minimum absolute atomic E-state index is 0.104. The number of hydrogen-bond acceptors (Lipinski definition) is 4. The molecule has 0 unspecified atom stereocenters. The summed E-state index contributed by atoms with van der Waals surface area (Å²) in [5.74, 6) is 1.03. The van der Waals surface area contributed by atoms with Crippen LogP contribution in [-0.4, -0.2) is 24.6 Å². The molecule has 0 heterocycles. The third-order valence-corrected chi connectivity index (χ3v) is 2.71. The zero-order valence-electron chi connectivity index (χ0n) is 11.0. The van der Waals surface area contributed by atoms with Crippen molar-refractivity contribution in [3.05, 3.63) is 59.7 Å². The average Bonchev–Trinajstić information content (AvgIpc) is 2.52. The Hall–Kier alpha value is -2.33. The first-order chi connectivity index (χ1) is 9.83. The number of carbonyl (C=O) groups excluding carboxylic acids is 1. The Morgan fingerprint density at radius 2 is 1.85 bits per heavy atom. The summed E-state index contributed by atoms with van der Waals surface area (Å²) >= 11 is 0. The molecule has 4 nitrogen and oxygen atoms in total. The van der Waals surface area contributed by atoms with E-state index in [0.29, 0.717) is 30.0 Å². The van der Waals surface area contributed by atoms with E-state index >= 15 is 0 Å². The highest BCUT2D eigenvalue weighted by molar-refractivity contribution is 5.79. The van der Waals surface area contributed by atoms with Gasteiger partial charge in [0.25, 0.3) is 0 Å². The summed E-state index contributed by atoms with van der Waals surface area (Å²) in [7, 11) is 0. The second kappa shape index (κ2) is 7.31. The van der Waals surface area contributed by atoms with E-state index in [9.17, 15) is 4.79 Å². The first-order valence-corrected chi connectivity index (χ1v) is 6.33. The van der Waals surface area contributed by atoms with Gasteiger partial charge in [-0.3, -0.25) is 4.79 Å². The van der Waals surface area contributed by atoms with Crippen molar-refractivity contribution in [1.82, 2.24) is 0 Å². The van der Waals surface area contributed by atoms with Crippen LogP contribution in [0.2, 0.25) is 0 Å². The lowest BCUT2D eigenvalue weighted by molar-refractivity contribution is 0.111. The Morgan fingerprint density at radius 3 is 2.55 bits per heavy atom. The van der Waals surface area contributed by atoms with Crippen molar-refractivity contribution in [2.45, 2.75) is 6.61 Å². The molecule has 1 N–H and O–H groups in total. The number of carbonyl (C=O) groups is 1. The third-order valence-electron chi connectivity index (χ3n) is 2.71. The van der Waals surface area contributed by atoms with Gasteiger partial charge in [-0.2, -0.15) is 0 Å². The number of hydrogen-bond donors (Lipinski definition) is 1. The highest BCUT2D eigenvalue weighted by Gasteiger charge is 2.05. The fourth-order valence-electron chi connectivity index (χ4n) is 1.72. The maximum absolute atomic E-state index is 10.9. The topological polar surface area (TPSA) is 55.8 Å². The Labute approximate surface area is 117 Å². The van der Waals surface area contributed by atoms with Gasteiger partial charge in [-0.1, -0.05) is 30.3 Å². The van der Waals surface area contributed by atoms with E-state index in [1.807, 2.05) is 30.3 Å². The van der Waals surface area contributed by atoms with Crippen molar-refractivity contribution in [3.8, 4) is 11.5 Å². The highest BCUT2D eigenvalue weighted by Crippen LogP contribution is 2.24. The normalized spacial score (nSPS) is 10.1. The summed E-state index contributed by atoms with van der Waals surface area (Å²) in [6, 6.07) is 14.8. The van der Waals surface area contributed by atoms with Crippen molar-refractivity contribution in [2.24, 2.45) is 0 Å². The van der Waals surface area contributed by atoms with Crippen LogP contribution in [0.3, 0.4) is 0 Å². The number of benzene rings is 2. The molecule has 0 saturated heterocycles. The van der Waals surface area contributed by atoms with Crippen LogP contribution >= 0.6 is 0 Å². The summed E-state index contributed by atoms with van der Waals surface area (Å²) in [6.07, 6.45) is 0.716. The smallest absolute Gasteiger partial charge is 0.153 e. The lowest BCUT2D eigenvalue weighted by atomic mass is 10.2. The molecule has 0 spiro atoms. The van der Waals surface area contributed by atoms with E-state index in [1.54, 1.807) is 18.2 Å². The van der Waals surface area contributed by atoms with E-state index in [0.717, 1.165) is 5.56 Å². The van der Waals surface area contributed by atoms with Crippen LogP contribution in [0.5, 0.6) is 11.5 Å². The van der Waals surface area contributed by atoms with Gasteiger partial charge >= 0.3 is 0 Å². The predicted octanol–water partition coefficient (Wildman–Crippen LogP) is 2.45. The summed E-state index contributed by atoms with van der Waals surface area (Å²) in [5.41, 5.74) is 1.50. The molecule has 0 saturated carbocycles. The molecule has 4 heteroatoms. The van der Waals surface area contributed by atoms with Gasteiger partial charge in [-0.05, 0) is 17.7 Å². The Morgan fingerprint density at radius 1 is 1.05 bits per heavy atom. The predicted molar refractivity (Wildman–Crippen MR) is 75.2 cm³/mol. The monoisotopic (exact) mass is 272 g/mol. The van der Waals surface area contributed by atoms with Gasteiger partial charge < -0.3 is 14.6 Å². The number of aliphatic hydroxyl groups is 1. The van der Waals surface area contributed by atoms with Crippen molar-refractivity contribution in [1.29, 1.82) is 0 Å². The van der Waals surface area contributed by atoms with Gasteiger partial charge in [-0.25, -0.2) is 0 Å². The highest BCUT2D eigenvalue weighted by atomic mass is 16.5. The molecule has 104 valence electrons. The van der Waals surface area contributed by atoms with Crippen LogP contribution in [0.1, 0.15) is 15.9 Å². The molecular formula is C16H16O4. The lowest BCUT2D eigenvalue weighted by Gasteiger charge is -2.11. The molecule has 0 bridgehead atoms. The standard InChI is InChI=1S/C16H16O4/c17-8-9-19-16-10-15(7-6-14(16)11-18)20-12-13-4-2-1-3-5-13/h1-7,10-11,17H,8-9,12H2. The molecule has 0 aliphatic rings. The van der Waals surface area contributed by atoms with E-state index in [2.05, 4.69) is 0 Å². The van der Waals surface area contributed by atoms with Crippen molar-refractivity contribution in [3.63, 3.8) is 0 Å². The summed E-state index contributed by atoms with van der Waals surface area (Å²) in [4.78, 5) is 10.9. The van der Waals surface area contributed by atoms with Gasteiger partial charge in [0.15, 0.2) is 6.29 Å². The zero-order valence-corrected chi connectivity index (χ0v) is 11.0. The molecular weight excluding hydrogens is 256 g/mol. The summed E-state index contributed by atoms with van der Waals surface area (Å²) in [6.45, 7) is 0.483. The van der Waals surface area contributed by atoms with Gasteiger partial charge in [0, 0.05) is 6.07 Å². The number of rotatable bonds is 7. The first-order valence-electron chi connectivity index (χ1n) is 6.33. The SMILES string of the molecule is O=Cc1ccc(OCc2ccccc2)cc1OCCO. The number of ether oxygens (including phenoxy) is 2. The average molecular weight is 272 g/mol. The van der Waals surface area contributed by atoms with Crippen molar-refractivity contribution < 1.29 is 19.4 Å². The largest absolute Gasteiger partial charge is 0.490 e. The second-order valence-corrected chi connectivity index (χ2v) is 4.16. The fourth-order valence-corrected chi connectivity index (χ4v) is 1.72. The quantitative estimate of drug-likeness (QED) is 0.787. The Kier molecular flexibility index (Phi) is 5.15. The molecule has 20 heavy (non-hydrogen) atoms. The van der Waals surface area contributed by atoms with Crippen LogP contribution in [0.15, 0.2) is 48.5 Å². The lowest BCUT2D eigenvalue weighted by Crippen LogP contribution is -2.04. The van der Waals surface area contributed by atoms with Crippen LogP contribution < -0.4 is 9.47 Å². The zero-order chi connectivity index (χ0) is 14.2. The number of aliphatic hydroxyl groups excluding tert-OH is 1. The van der Waals surface area contributed by atoms with Crippen LogP contribution in [0.25, 0.3) is 0 Å². The molecule has 2 aromatic carbocycles. The first kappa shape index (κ1) is 14.1. The van der Waals surface area contributed by atoms with E-state index in [4.69, 9.17) is 14.6 Å². The molecule has 2 rings (SSSR count). The van der Waals surface area contributed by atoms with Crippen molar-refractivity contribution >= 4 is 6.29 Å². The van der Waals surface area contributed by atoms with E-state index in [1.165, 1.54) is 0 Å². The molecule has 0 aliphatic heterocycles. The molecule has 0 atom stereocenters. The molecule has 0 amide bonds. The van der Waals surface area contributed by atoms with Gasteiger partial charge in [-0.15, -0.1) is 0 Å². The molecule has 2 aromatic rings. The van der Waals surface area contributed by atoms with Gasteiger partial charge in [0.2, 0.25) is 0 Å². The van der Waals surface area contributed by atoms with Crippen LogP contribution in [-0.2, 0) is 6.61 Å². The second-order valence-electron chi connectivity index (χ2n) is 4.16. The van der Waals surface area contributed by atoms with Crippen LogP contribution in [0.4, 0.5) is 0 Å². The van der Waals surface area contributed by atoms with E-state index < -0.39 is 0 Å². The number of aldehydes is 1. The third kappa shape index (κ3) is 3.83. The van der Waals surface area contributed by atoms with Crippen LogP contribution in [0, 0.1) is 0 Å². The minimum atomic E-state index is -0.104. The van der Waals surface area contributed by atoms with E-state index in [-0.39, 0.29) is 13.2 Å². The Balaban J connectivity index is 2.06.